The third kappa shape index (κ3) is 3.62. The number of benzene rings is 1. The van der Waals surface area contributed by atoms with E-state index in [1.165, 1.54) is 5.56 Å². The van der Waals surface area contributed by atoms with Crippen molar-refractivity contribution in [2.45, 2.75) is 32.6 Å². The Bertz CT molecular complexity index is 819. The molecule has 0 spiro atoms. The average Bonchev–Trinajstić information content (AvgIpc) is 2.90. The van der Waals surface area contributed by atoms with E-state index in [4.69, 9.17) is 11.6 Å². The molecule has 0 atom stereocenters. The molecule has 0 radical (unpaired) electrons. The van der Waals surface area contributed by atoms with E-state index in [1.807, 2.05) is 34.8 Å². The predicted octanol–water partition coefficient (Wildman–Crippen LogP) is 3.73. The van der Waals surface area contributed by atoms with Gasteiger partial charge in [-0.1, -0.05) is 44.5 Å². The molecule has 0 saturated heterocycles. The second-order valence-electron chi connectivity index (χ2n) is 6.57. The van der Waals surface area contributed by atoms with E-state index >= 15 is 0 Å². The Labute approximate surface area is 140 Å². The van der Waals surface area contributed by atoms with Crippen molar-refractivity contribution >= 4 is 23.1 Å². The Morgan fingerprint density at radius 1 is 1.13 bits per heavy atom. The van der Waals surface area contributed by atoms with Gasteiger partial charge in [0.2, 0.25) is 0 Å². The molecular formula is C17H20ClN5. The van der Waals surface area contributed by atoms with Crippen LogP contribution < -0.4 is 5.32 Å². The number of aromatic nitrogens is 4. The molecule has 0 aliphatic heterocycles. The van der Waals surface area contributed by atoms with Gasteiger partial charge >= 0.3 is 0 Å². The molecule has 0 fully saturated rings. The summed E-state index contributed by atoms with van der Waals surface area (Å²) in [6, 6.07) is 11.8. The molecule has 2 heterocycles. The summed E-state index contributed by atoms with van der Waals surface area (Å²) in [5.74, 6) is 1.66. The SMILES string of the molecule is CC(C)(C)c1nnc2ccc(NCCc3cccc(Cl)c3)nn12. The highest BCUT2D eigenvalue weighted by Gasteiger charge is 2.21. The maximum absolute atomic E-state index is 6.00. The molecule has 2 aromatic heterocycles. The number of nitrogens with zero attached hydrogens (tertiary/aromatic N) is 4. The van der Waals surface area contributed by atoms with Crippen LogP contribution in [0, 0.1) is 0 Å². The van der Waals surface area contributed by atoms with E-state index in [1.54, 1.807) is 0 Å². The number of anilines is 1. The first-order valence-corrected chi connectivity index (χ1v) is 8.02. The van der Waals surface area contributed by atoms with Crippen LogP contribution in [0.4, 0.5) is 5.82 Å². The van der Waals surface area contributed by atoms with E-state index in [9.17, 15) is 0 Å². The van der Waals surface area contributed by atoms with Gasteiger partial charge in [-0.05, 0) is 36.2 Å². The van der Waals surface area contributed by atoms with Gasteiger partial charge in [-0.15, -0.1) is 15.3 Å². The average molecular weight is 330 g/mol. The Kier molecular flexibility index (Phi) is 4.22. The topological polar surface area (TPSA) is 55.1 Å². The molecule has 5 nitrogen and oxygen atoms in total. The first kappa shape index (κ1) is 15.7. The van der Waals surface area contributed by atoms with Crippen molar-refractivity contribution in [1.82, 2.24) is 19.8 Å². The second kappa shape index (κ2) is 6.16. The third-order valence-corrected chi connectivity index (χ3v) is 3.78. The summed E-state index contributed by atoms with van der Waals surface area (Å²) >= 11 is 6.00. The van der Waals surface area contributed by atoms with Gasteiger partial charge in [0.15, 0.2) is 11.5 Å². The highest BCUT2D eigenvalue weighted by atomic mass is 35.5. The van der Waals surface area contributed by atoms with E-state index in [-0.39, 0.29) is 5.41 Å². The summed E-state index contributed by atoms with van der Waals surface area (Å²) in [4.78, 5) is 0. The van der Waals surface area contributed by atoms with Crippen molar-refractivity contribution in [3.8, 4) is 0 Å². The molecule has 120 valence electrons. The van der Waals surface area contributed by atoms with Crippen molar-refractivity contribution in [2.24, 2.45) is 0 Å². The van der Waals surface area contributed by atoms with E-state index in [2.05, 4.69) is 47.5 Å². The largest absolute Gasteiger partial charge is 0.368 e. The zero-order valence-corrected chi connectivity index (χ0v) is 14.3. The van der Waals surface area contributed by atoms with Crippen LogP contribution in [0.5, 0.6) is 0 Å². The molecule has 0 saturated carbocycles. The fourth-order valence-electron chi connectivity index (χ4n) is 2.38. The molecule has 23 heavy (non-hydrogen) atoms. The van der Waals surface area contributed by atoms with Gasteiger partial charge in [-0.25, -0.2) is 0 Å². The lowest BCUT2D eigenvalue weighted by molar-refractivity contribution is 0.527. The number of fused-ring (bicyclic) bond motifs is 1. The summed E-state index contributed by atoms with van der Waals surface area (Å²) in [5.41, 5.74) is 1.85. The van der Waals surface area contributed by atoms with Crippen molar-refractivity contribution < 1.29 is 0 Å². The summed E-state index contributed by atoms with van der Waals surface area (Å²) in [5, 5.41) is 17.1. The third-order valence-electron chi connectivity index (χ3n) is 3.54. The Hall–Kier alpha value is -2.14. The summed E-state index contributed by atoms with van der Waals surface area (Å²) < 4.78 is 1.81. The van der Waals surface area contributed by atoms with Crippen LogP contribution in [0.2, 0.25) is 5.02 Å². The number of rotatable bonds is 4. The van der Waals surface area contributed by atoms with E-state index in [0.29, 0.717) is 0 Å². The van der Waals surface area contributed by atoms with Crippen LogP contribution in [0.3, 0.4) is 0 Å². The summed E-state index contributed by atoms with van der Waals surface area (Å²) in [7, 11) is 0. The lowest BCUT2D eigenvalue weighted by Crippen LogP contribution is -2.18. The van der Waals surface area contributed by atoms with Gasteiger partial charge in [-0.3, -0.25) is 0 Å². The maximum atomic E-state index is 6.00. The molecule has 0 aliphatic rings. The molecule has 1 aromatic carbocycles. The molecule has 0 amide bonds. The quantitative estimate of drug-likeness (QED) is 0.792. The van der Waals surface area contributed by atoms with Crippen LogP contribution in [0.1, 0.15) is 32.2 Å². The van der Waals surface area contributed by atoms with Gasteiger partial charge in [0.1, 0.15) is 5.82 Å². The fraction of sp³-hybridized carbons (Fsp3) is 0.353. The number of hydrogen-bond donors (Lipinski definition) is 1. The van der Waals surface area contributed by atoms with Gasteiger partial charge in [0.05, 0.1) is 0 Å². The monoisotopic (exact) mass is 329 g/mol. The molecule has 6 heteroatoms. The van der Waals surface area contributed by atoms with Gasteiger partial charge in [-0.2, -0.15) is 4.52 Å². The van der Waals surface area contributed by atoms with Crippen molar-refractivity contribution in [2.75, 3.05) is 11.9 Å². The van der Waals surface area contributed by atoms with Crippen LogP contribution in [0.25, 0.3) is 5.65 Å². The zero-order valence-electron chi connectivity index (χ0n) is 13.5. The molecule has 0 unspecified atom stereocenters. The van der Waals surface area contributed by atoms with E-state index < -0.39 is 0 Å². The minimum atomic E-state index is -0.105. The normalized spacial score (nSPS) is 11.8. The van der Waals surface area contributed by atoms with Crippen molar-refractivity contribution in [1.29, 1.82) is 0 Å². The number of halogens is 1. The van der Waals surface area contributed by atoms with Crippen molar-refractivity contribution in [3.05, 3.63) is 52.8 Å². The standard InChI is InChI=1S/C17H20ClN5/c1-17(2,3)16-21-20-15-8-7-14(22-23(15)16)19-10-9-12-5-4-6-13(18)11-12/h4-8,11H,9-10H2,1-3H3,(H,19,22). The van der Waals surface area contributed by atoms with Crippen LogP contribution >= 0.6 is 11.6 Å². The van der Waals surface area contributed by atoms with Crippen LogP contribution in [0.15, 0.2) is 36.4 Å². The van der Waals surface area contributed by atoms with Crippen molar-refractivity contribution in [3.63, 3.8) is 0 Å². The fourth-order valence-corrected chi connectivity index (χ4v) is 2.59. The maximum Gasteiger partial charge on any atom is 0.178 e. The highest BCUT2D eigenvalue weighted by Crippen LogP contribution is 2.20. The lowest BCUT2D eigenvalue weighted by Gasteiger charge is -2.15. The predicted molar refractivity (Wildman–Crippen MR) is 93.1 cm³/mol. The van der Waals surface area contributed by atoms with Crippen LogP contribution in [-0.4, -0.2) is 26.4 Å². The smallest absolute Gasteiger partial charge is 0.178 e. The molecule has 0 bridgehead atoms. The van der Waals surface area contributed by atoms with E-state index in [0.717, 1.165) is 35.3 Å². The first-order chi connectivity index (χ1) is 10.9. The lowest BCUT2D eigenvalue weighted by atomic mass is 9.96. The molecule has 1 N–H and O–H groups in total. The molecule has 3 aromatic rings. The molecular weight excluding hydrogens is 310 g/mol. The first-order valence-electron chi connectivity index (χ1n) is 7.65. The Morgan fingerprint density at radius 2 is 1.96 bits per heavy atom. The Morgan fingerprint density at radius 3 is 2.70 bits per heavy atom. The van der Waals surface area contributed by atoms with Gasteiger partial charge in [0.25, 0.3) is 0 Å². The minimum Gasteiger partial charge on any atom is -0.368 e. The number of nitrogens with one attached hydrogen (secondary N) is 1. The second-order valence-corrected chi connectivity index (χ2v) is 7.01. The van der Waals surface area contributed by atoms with Gasteiger partial charge < -0.3 is 5.32 Å². The molecule has 3 rings (SSSR count). The Balaban J connectivity index is 1.73. The minimum absolute atomic E-state index is 0.105. The number of hydrogen-bond acceptors (Lipinski definition) is 4. The van der Waals surface area contributed by atoms with Gasteiger partial charge in [0, 0.05) is 17.0 Å². The highest BCUT2D eigenvalue weighted by molar-refractivity contribution is 6.30. The zero-order chi connectivity index (χ0) is 16.4. The van der Waals surface area contributed by atoms with Crippen LogP contribution in [-0.2, 0) is 11.8 Å². The molecule has 0 aliphatic carbocycles. The summed E-state index contributed by atoms with van der Waals surface area (Å²) in [6.45, 7) is 7.09. The summed E-state index contributed by atoms with van der Waals surface area (Å²) in [6.07, 6.45) is 0.884.